The lowest BCUT2D eigenvalue weighted by Crippen LogP contribution is -2.14. The maximum absolute atomic E-state index is 11.9. The Morgan fingerprint density at radius 3 is 2.73 bits per heavy atom. The molecule has 3 aromatic rings. The van der Waals surface area contributed by atoms with Gasteiger partial charge in [0.05, 0.1) is 7.11 Å². The number of aromatic amines is 1. The van der Waals surface area contributed by atoms with Crippen molar-refractivity contribution in [2.45, 2.75) is 20.3 Å². The molecule has 0 saturated heterocycles. The second kappa shape index (κ2) is 7.82. The molecule has 0 amide bonds. The van der Waals surface area contributed by atoms with Crippen molar-refractivity contribution in [1.82, 2.24) is 15.0 Å². The van der Waals surface area contributed by atoms with Crippen molar-refractivity contribution in [3.8, 4) is 17.1 Å². The molecule has 2 heterocycles. The summed E-state index contributed by atoms with van der Waals surface area (Å²) in [6.45, 7) is 4.35. The van der Waals surface area contributed by atoms with E-state index in [1.165, 1.54) is 5.56 Å². The average molecular weight is 350 g/mol. The molecule has 1 aromatic carbocycles. The first kappa shape index (κ1) is 17.7. The van der Waals surface area contributed by atoms with Crippen molar-refractivity contribution in [2.24, 2.45) is 0 Å². The molecule has 2 N–H and O–H groups in total. The summed E-state index contributed by atoms with van der Waals surface area (Å²) in [6.07, 6.45) is 2.58. The number of aromatic nitrogens is 3. The summed E-state index contributed by atoms with van der Waals surface area (Å²) >= 11 is 0. The lowest BCUT2D eigenvalue weighted by atomic mass is 10.1. The van der Waals surface area contributed by atoms with Crippen LogP contribution >= 0.6 is 0 Å². The number of aryl methyl sites for hydroxylation is 1. The van der Waals surface area contributed by atoms with E-state index >= 15 is 0 Å². The Hall–Kier alpha value is -3.15. The van der Waals surface area contributed by atoms with Gasteiger partial charge in [0, 0.05) is 29.6 Å². The van der Waals surface area contributed by atoms with E-state index in [0.29, 0.717) is 11.4 Å². The quantitative estimate of drug-likeness (QED) is 0.714. The third kappa shape index (κ3) is 4.08. The monoisotopic (exact) mass is 350 g/mol. The van der Waals surface area contributed by atoms with Gasteiger partial charge in [-0.1, -0.05) is 12.1 Å². The largest absolute Gasteiger partial charge is 0.497 e. The molecule has 0 aliphatic heterocycles. The maximum atomic E-state index is 11.9. The van der Waals surface area contributed by atoms with Crippen molar-refractivity contribution in [1.29, 1.82) is 0 Å². The van der Waals surface area contributed by atoms with Gasteiger partial charge in [-0.15, -0.1) is 0 Å². The summed E-state index contributed by atoms with van der Waals surface area (Å²) in [7, 11) is 1.67. The van der Waals surface area contributed by atoms with E-state index in [1.807, 2.05) is 37.3 Å². The fourth-order valence-electron chi connectivity index (χ4n) is 2.58. The Morgan fingerprint density at radius 2 is 2.04 bits per heavy atom. The smallest absolute Gasteiger partial charge is 0.254 e. The number of pyridine rings is 1. The van der Waals surface area contributed by atoms with Gasteiger partial charge in [0.25, 0.3) is 5.56 Å². The predicted octanol–water partition coefficient (Wildman–Crippen LogP) is 3.11. The number of ether oxygens (including phenoxy) is 1. The van der Waals surface area contributed by atoms with Gasteiger partial charge in [-0.3, -0.25) is 4.79 Å². The van der Waals surface area contributed by atoms with Crippen molar-refractivity contribution in [2.75, 3.05) is 19.0 Å². The summed E-state index contributed by atoms with van der Waals surface area (Å²) in [5, 5.41) is 3.30. The Balaban J connectivity index is 1.63. The van der Waals surface area contributed by atoms with E-state index in [9.17, 15) is 4.79 Å². The molecular weight excluding hydrogens is 328 g/mol. The predicted molar refractivity (Wildman–Crippen MR) is 103 cm³/mol. The standard InChI is InChI=1S/C20H22N4O2/c1-13-14(2)23-19(24-20(13)25)16-7-8-18(22-12-16)21-10-9-15-5-4-6-17(11-15)26-3/h4-8,11-12H,9-10H2,1-3H3,(H,21,22)(H,23,24,25). The minimum absolute atomic E-state index is 0.118. The van der Waals surface area contributed by atoms with Gasteiger partial charge in [0.15, 0.2) is 0 Å². The highest BCUT2D eigenvalue weighted by Crippen LogP contribution is 2.16. The summed E-state index contributed by atoms with van der Waals surface area (Å²) in [5.74, 6) is 2.18. The van der Waals surface area contributed by atoms with Crippen LogP contribution < -0.4 is 15.6 Å². The molecule has 0 saturated carbocycles. The summed E-state index contributed by atoms with van der Waals surface area (Å²) in [6, 6.07) is 11.8. The molecule has 0 aliphatic rings. The van der Waals surface area contributed by atoms with Crippen LogP contribution in [0, 0.1) is 13.8 Å². The highest BCUT2D eigenvalue weighted by atomic mass is 16.5. The maximum Gasteiger partial charge on any atom is 0.254 e. The second-order valence-corrected chi connectivity index (χ2v) is 6.09. The van der Waals surface area contributed by atoms with E-state index in [2.05, 4.69) is 26.3 Å². The Bertz CT molecular complexity index is 949. The summed E-state index contributed by atoms with van der Waals surface area (Å²) in [5.41, 5.74) is 3.23. The van der Waals surface area contributed by atoms with Crippen molar-refractivity contribution in [3.63, 3.8) is 0 Å². The van der Waals surface area contributed by atoms with Gasteiger partial charge in [0.1, 0.15) is 17.4 Å². The van der Waals surface area contributed by atoms with Crippen LogP contribution in [0.1, 0.15) is 16.8 Å². The molecule has 0 aliphatic carbocycles. The fourth-order valence-corrected chi connectivity index (χ4v) is 2.58. The van der Waals surface area contributed by atoms with Crippen LogP contribution in [0.2, 0.25) is 0 Å². The first-order chi connectivity index (χ1) is 12.6. The topological polar surface area (TPSA) is 79.9 Å². The van der Waals surface area contributed by atoms with Gasteiger partial charge in [-0.2, -0.15) is 0 Å². The number of methoxy groups -OCH3 is 1. The first-order valence-electron chi connectivity index (χ1n) is 8.47. The summed E-state index contributed by atoms with van der Waals surface area (Å²) < 4.78 is 5.23. The average Bonchev–Trinajstić information content (AvgIpc) is 2.66. The number of nitrogens with zero attached hydrogens (tertiary/aromatic N) is 2. The molecular formula is C20H22N4O2. The van der Waals surface area contributed by atoms with E-state index in [1.54, 1.807) is 20.2 Å². The highest BCUT2D eigenvalue weighted by molar-refractivity contribution is 5.56. The molecule has 3 rings (SSSR count). The lowest BCUT2D eigenvalue weighted by Gasteiger charge is -2.08. The van der Waals surface area contributed by atoms with Crippen molar-refractivity contribution < 1.29 is 4.74 Å². The number of benzene rings is 1. The van der Waals surface area contributed by atoms with E-state index < -0.39 is 0 Å². The third-order valence-corrected chi connectivity index (χ3v) is 4.29. The van der Waals surface area contributed by atoms with Gasteiger partial charge < -0.3 is 15.0 Å². The fraction of sp³-hybridized carbons (Fsp3) is 0.250. The number of nitrogens with one attached hydrogen (secondary N) is 2. The Kier molecular flexibility index (Phi) is 5.31. The molecule has 0 fully saturated rings. The molecule has 0 radical (unpaired) electrons. The van der Waals surface area contributed by atoms with E-state index in [4.69, 9.17) is 4.74 Å². The van der Waals surface area contributed by atoms with Crippen LogP contribution in [-0.4, -0.2) is 28.6 Å². The normalized spacial score (nSPS) is 10.6. The zero-order valence-corrected chi connectivity index (χ0v) is 15.2. The van der Waals surface area contributed by atoms with Crippen LogP contribution in [0.15, 0.2) is 47.4 Å². The molecule has 26 heavy (non-hydrogen) atoms. The van der Waals surface area contributed by atoms with E-state index in [0.717, 1.165) is 35.8 Å². The molecule has 0 atom stereocenters. The van der Waals surface area contributed by atoms with Crippen LogP contribution in [0.3, 0.4) is 0 Å². The number of H-pyrrole nitrogens is 1. The minimum Gasteiger partial charge on any atom is -0.497 e. The number of hydrogen-bond donors (Lipinski definition) is 2. The minimum atomic E-state index is -0.118. The van der Waals surface area contributed by atoms with Crippen LogP contribution in [-0.2, 0) is 6.42 Å². The third-order valence-electron chi connectivity index (χ3n) is 4.29. The molecule has 0 bridgehead atoms. The number of hydrogen-bond acceptors (Lipinski definition) is 5. The van der Waals surface area contributed by atoms with Gasteiger partial charge in [-0.25, -0.2) is 9.97 Å². The zero-order chi connectivity index (χ0) is 18.5. The molecule has 134 valence electrons. The van der Waals surface area contributed by atoms with Crippen molar-refractivity contribution in [3.05, 3.63) is 69.8 Å². The molecule has 0 unspecified atom stereocenters. The number of anilines is 1. The lowest BCUT2D eigenvalue weighted by molar-refractivity contribution is 0.414. The second-order valence-electron chi connectivity index (χ2n) is 6.09. The van der Waals surface area contributed by atoms with E-state index in [-0.39, 0.29) is 5.56 Å². The number of rotatable bonds is 6. The van der Waals surface area contributed by atoms with Crippen LogP contribution in [0.4, 0.5) is 5.82 Å². The van der Waals surface area contributed by atoms with Gasteiger partial charge in [-0.05, 0) is 50.1 Å². The van der Waals surface area contributed by atoms with Crippen LogP contribution in [0.5, 0.6) is 5.75 Å². The molecule has 6 nitrogen and oxygen atoms in total. The highest BCUT2D eigenvalue weighted by Gasteiger charge is 2.06. The molecule has 2 aromatic heterocycles. The van der Waals surface area contributed by atoms with Crippen molar-refractivity contribution >= 4 is 5.82 Å². The summed E-state index contributed by atoms with van der Waals surface area (Å²) in [4.78, 5) is 23.5. The zero-order valence-electron chi connectivity index (χ0n) is 15.2. The molecule has 0 spiro atoms. The van der Waals surface area contributed by atoms with Crippen LogP contribution in [0.25, 0.3) is 11.4 Å². The molecule has 6 heteroatoms. The van der Waals surface area contributed by atoms with Gasteiger partial charge >= 0.3 is 0 Å². The Labute approximate surface area is 152 Å². The SMILES string of the molecule is COc1cccc(CCNc2ccc(-c3nc(C)c(C)c(=O)[nH]3)cn2)c1. The Morgan fingerprint density at radius 1 is 1.19 bits per heavy atom. The first-order valence-corrected chi connectivity index (χ1v) is 8.47. The van der Waals surface area contributed by atoms with Gasteiger partial charge in [0.2, 0.25) is 0 Å².